The number of nitrogens with one attached hydrogen (secondary N) is 1. The van der Waals surface area contributed by atoms with Gasteiger partial charge in [-0.15, -0.1) is 0 Å². The van der Waals surface area contributed by atoms with Crippen LogP contribution in [-0.2, 0) is 11.3 Å². The number of hydrogen-bond acceptors (Lipinski definition) is 3. The summed E-state index contributed by atoms with van der Waals surface area (Å²) in [5.74, 6) is 0.952. The van der Waals surface area contributed by atoms with E-state index in [0.29, 0.717) is 0 Å². The van der Waals surface area contributed by atoms with Gasteiger partial charge < -0.3 is 14.8 Å². The van der Waals surface area contributed by atoms with Gasteiger partial charge in [-0.1, -0.05) is 32.4 Å². The number of unbranched alkanes of at least 4 members (excludes halogenated alkanes) is 1. The molecule has 0 unspecified atom stereocenters. The van der Waals surface area contributed by atoms with Crippen LogP contribution in [0.5, 0.6) is 5.75 Å². The average Bonchev–Trinajstić information content (AvgIpc) is 2.45. The van der Waals surface area contributed by atoms with Gasteiger partial charge >= 0.3 is 0 Å². The molecule has 0 aliphatic rings. The van der Waals surface area contributed by atoms with E-state index >= 15 is 0 Å². The van der Waals surface area contributed by atoms with E-state index in [2.05, 4.69) is 31.3 Å². The van der Waals surface area contributed by atoms with Crippen LogP contribution in [-0.4, -0.2) is 26.4 Å². The fourth-order valence-corrected chi connectivity index (χ4v) is 1.65. The quantitative estimate of drug-likeness (QED) is 0.622. The molecule has 0 aliphatic heterocycles. The minimum absolute atomic E-state index is 0.784. The molecule has 0 saturated carbocycles. The first-order valence-electron chi connectivity index (χ1n) is 7.37. The molecule has 108 valence electrons. The number of ether oxygens (including phenoxy) is 2. The van der Waals surface area contributed by atoms with E-state index in [-0.39, 0.29) is 0 Å². The van der Waals surface area contributed by atoms with Crippen molar-refractivity contribution in [3.05, 3.63) is 29.8 Å². The molecule has 0 aliphatic carbocycles. The van der Waals surface area contributed by atoms with E-state index in [4.69, 9.17) is 9.47 Å². The van der Waals surface area contributed by atoms with E-state index in [9.17, 15) is 0 Å². The first kappa shape index (κ1) is 16.0. The van der Waals surface area contributed by atoms with E-state index < -0.39 is 0 Å². The maximum Gasteiger partial charge on any atom is 0.119 e. The number of rotatable bonds is 11. The van der Waals surface area contributed by atoms with Crippen LogP contribution in [0.2, 0.25) is 0 Å². The van der Waals surface area contributed by atoms with Crippen molar-refractivity contribution in [2.75, 3.05) is 26.4 Å². The first-order valence-corrected chi connectivity index (χ1v) is 7.37. The van der Waals surface area contributed by atoms with Crippen molar-refractivity contribution in [1.82, 2.24) is 5.32 Å². The van der Waals surface area contributed by atoms with Crippen LogP contribution in [0.15, 0.2) is 24.3 Å². The van der Waals surface area contributed by atoms with Gasteiger partial charge in [-0.3, -0.25) is 0 Å². The van der Waals surface area contributed by atoms with Crippen LogP contribution in [0.25, 0.3) is 0 Å². The summed E-state index contributed by atoms with van der Waals surface area (Å²) in [5, 5.41) is 3.38. The average molecular weight is 265 g/mol. The topological polar surface area (TPSA) is 30.5 Å². The molecular formula is C16H27NO2. The van der Waals surface area contributed by atoms with Crippen molar-refractivity contribution in [2.24, 2.45) is 0 Å². The van der Waals surface area contributed by atoms with Crippen LogP contribution in [0.1, 0.15) is 38.7 Å². The fraction of sp³-hybridized carbons (Fsp3) is 0.625. The monoisotopic (exact) mass is 265 g/mol. The Morgan fingerprint density at radius 2 is 1.74 bits per heavy atom. The highest BCUT2D eigenvalue weighted by atomic mass is 16.5. The molecule has 0 atom stereocenters. The highest BCUT2D eigenvalue weighted by molar-refractivity contribution is 5.27. The van der Waals surface area contributed by atoms with Gasteiger partial charge in [0.05, 0.1) is 13.2 Å². The fourth-order valence-electron chi connectivity index (χ4n) is 1.65. The van der Waals surface area contributed by atoms with Crippen molar-refractivity contribution in [3.63, 3.8) is 0 Å². The second-order valence-electron chi connectivity index (χ2n) is 4.64. The predicted octanol–water partition coefficient (Wildman–Crippen LogP) is 3.38. The Labute approximate surface area is 117 Å². The standard InChI is InChI=1S/C16H27NO2/c1-3-5-12-18-13-10-17-14-15-6-8-16(9-7-15)19-11-4-2/h6-9,17H,3-5,10-14H2,1-2H3. The van der Waals surface area contributed by atoms with Crippen LogP contribution < -0.4 is 10.1 Å². The second kappa shape index (κ2) is 10.8. The Bertz CT molecular complexity index is 311. The van der Waals surface area contributed by atoms with Gasteiger partial charge in [0.1, 0.15) is 5.75 Å². The van der Waals surface area contributed by atoms with Crippen molar-refractivity contribution < 1.29 is 9.47 Å². The largest absolute Gasteiger partial charge is 0.494 e. The maximum atomic E-state index is 5.55. The number of benzene rings is 1. The summed E-state index contributed by atoms with van der Waals surface area (Å²) < 4.78 is 11.0. The highest BCUT2D eigenvalue weighted by Crippen LogP contribution is 2.12. The normalized spacial score (nSPS) is 10.6. The van der Waals surface area contributed by atoms with Crippen molar-refractivity contribution >= 4 is 0 Å². The van der Waals surface area contributed by atoms with E-state index in [1.807, 2.05) is 12.1 Å². The summed E-state index contributed by atoms with van der Waals surface area (Å²) in [4.78, 5) is 0. The van der Waals surface area contributed by atoms with Gasteiger partial charge in [-0.05, 0) is 30.5 Å². The molecule has 0 aromatic heterocycles. The molecule has 1 aromatic carbocycles. The summed E-state index contributed by atoms with van der Waals surface area (Å²) in [6.07, 6.45) is 3.39. The summed E-state index contributed by atoms with van der Waals surface area (Å²) in [6, 6.07) is 8.28. The highest BCUT2D eigenvalue weighted by Gasteiger charge is 1.95. The Morgan fingerprint density at radius 3 is 2.42 bits per heavy atom. The minimum Gasteiger partial charge on any atom is -0.494 e. The lowest BCUT2D eigenvalue weighted by atomic mass is 10.2. The second-order valence-corrected chi connectivity index (χ2v) is 4.64. The van der Waals surface area contributed by atoms with Gasteiger partial charge in [-0.2, -0.15) is 0 Å². The molecular weight excluding hydrogens is 238 g/mol. The van der Waals surface area contributed by atoms with Gasteiger partial charge in [0.15, 0.2) is 0 Å². The third-order valence-corrected chi connectivity index (χ3v) is 2.79. The third-order valence-electron chi connectivity index (χ3n) is 2.79. The van der Waals surface area contributed by atoms with Crippen molar-refractivity contribution in [2.45, 2.75) is 39.7 Å². The Hall–Kier alpha value is -1.06. The van der Waals surface area contributed by atoms with E-state index in [1.54, 1.807) is 0 Å². The van der Waals surface area contributed by atoms with Crippen LogP contribution in [0.3, 0.4) is 0 Å². The summed E-state index contributed by atoms with van der Waals surface area (Å²) in [7, 11) is 0. The lowest BCUT2D eigenvalue weighted by Crippen LogP contribution is -2.19. The molecule has 19 heavy (non-hydrogen) atoms. The van der Waals surface area contributed by atoms with Crippen LogP contribution >= 0.6 is 0 Å². The van der Waals surface area contributed by atoms with Gasteiger partial charge in [0, 0.05) is 19.7 Å². The number of hydrogen-bond donors (Lipinski definition) is 1. The lowest BCUT2D eigenvalue weighted by molar-refractivity contribution is 0.133. The van der Waals surface area contributed by atoms with Gasteiger partial charge in [0.2, 0.25) is 0 Å². The molecule has 3 heteroatoms. The lowest BCUT2D eigenvalue weighted by Gasteiger charge is -2.08. The molecule has 0 bridgehead atoms. The SMILES string of the molecule is CCCCOCCNCc1ccc(OCCC)cc1. The van der Waals surface area contributed by atoms with Crippen LogP contribution in [0, 0.1) is 0 Å². The Kier molecular flexibility index (Phi) is 9.11. The Balaban J connectivity index is 2.09. The van der Waals surface area contributed by atoms with Crippen molar-refractivity contribution in [3.8, 4) is 5.75 Å². The summed E-state index contributed by atoms with van der Waals surface area (Å²) in [6.45, 7) is 8.52. The molecule has 0 saturated heterocycles. The molecule has 0 heterocycles. The summed E-state index contributed by atoms with van der Waals surface area (Å²) in [5.41, 5.74) is 1.28. The predicted molar refractivity (Wildman–Crippen MR) is 79.7 cm³/mol. The molecule has 1 N–H and O–H groups in total. The zero-order chi connectivity index (χ0) is 13.8. The molecule has 0 radical (unpaired) electrons. The summed E-state index contributed by atoms with van der Waals surface area (Å²) >= 11 is 0. The third kappa shape index (κ3) is 7.85. The zero-order valence-electron chi connectivity index (χ0n) is 12.3. The minimum atomic E-state index is 0.784. The van der Waals surface area contributed by atoms with E-state index in [1.165, 1.54) is 12.0 Å². The maximum absolute atomic E-state index is 5.55. The molecule has 1 rings (SSSR count). The zero-order valence-corrected chi connectivity index (χ0v) is 12.3. The van der Waals surface area contributed by atoms with Crippen LogP contribution in [0.4, 0.5) is 0 Å². The van der Waals surface area contributed by atoms with Gasteiger partial charge in [-0.25, -0.2) is 0 Å². The molecule has 0 spiro atoms. The first-order chi connectivity index (χ1) is 9.36. The van der Waals surface area contributed by atoms with Crippen molar-refractivity contribution in [1.29, 1.82) is 0 Å². The molecule has 0 amide bonds. The smallest absolute Gasteiger partial charge is 0.119 e. The Morgan fingerprint density at radius 1 is 0.947 bits per heavy atom. The molecule has 0 fully saturated rings. The van der Waals surface area contributed by atoms with Gasteiger partial charge in [0.25, 0.3) is 0 Å². The van der Waals surface area contributed by atoms with E-state index in [0.717, 1.165) is 51.5 Å². The molecule has 3 nitrogen and oxygen atoms in total. The molecule has 1 aromatic rings.